The zero-order chi connectivity index (χ0) is 20.5. The van der Waals surface area contributed by atoms with Crippen molar-refractivity contribution in [3.63, 3.8) is 0 Å². The fourth-order valence-corrected chi connectivity index (χ4v) is 4.10. The van der Waals surface area contributed by atoms with Crippen LogP contribution in [0.4, 0.5) is 0 Å². The maximum Gasteiger partial charge on any atom is 0.316 e. The van der Waals surface area contributed by atoms with Gasteiger partial charge in [0.15, 0.2) is 0 Å². The molecule has 3 rings (SSSR count). The molecule has 0 aliphatic carbocycles. The van der Waals surface area contributed by atoms with Crippen LogP contribution in [0.2, 0.25) is 0 Å². The smallest absolute Gasteiger partial charge is 0.316 e. The molecule has 1 amide bonds. The quantitative estimate of drug-likeness (QED) is 0.350. The summed E-state index contributed by atoms with van der Waals surface area (Å²) >= 11 is 6.19. The predicted octanol–water partition coefficient (Wildman–Crippen LogP) is 4.60. The normalized spacial score (nSPS) is 10.5. The molecule has 1 aromatic heterocycles. The van der Waals surface area contributed by atoms with Gasteiger partial charge in [-0.15, -0.1) is 23.1 Å². The molecular weight excluding hydrogens is 472 g/mol. The number of esters is 1. The Kier molecular flexibility index (Phi) is 8.27. The van der Waals surface area contributed by atoms with E-state index in [-0.39, 0.29) is 30.7 Å². The van der Waals surface area contributed by atoms with Crippen LogP contribution in [0.5, 0.6) is 0 Å². The molecule has 0 radical (unpaired) electrons. The number of nitrogens with zero attached hydrogens (tertiary/aromatic N) is 1. The van der Waals surface area contributed by atoms with Gasteiger partial charge in [0, 0.05) is 21.3 Å². The number of amides is 1. The fourth-order valence-electron chi connectivity index (χ4n) is 2.36. The lowest BCUT2D eigenvalue weighted by Crippen LogP contribution is -2.24. The summed E-state index contributed by atoms with van der Waals surface area (Å²) in [7, 11) is 0. The zero-order valence-corrected chi connectivity index (χ0v) is 18.7. The topological polar surface area (TPSA) is 68.3 Å². The number of ether oxygens (including phenoxy) is 1. The van der Waals surface area contributed by atoms with E-state index in [0.717, 1.165) is 14.9 Å². The van der Waals surface area contributed by atoms with E-state index < -0.39 is 0 Å². The van der Waals surface area contributed by atoms with Crippen molar-refractivity contribution in [2.75, 3.05) is 5.75 Å². The van der Waals surface area contributed by atoms with Gasteiger partial charge in [0.2, 0.25) is 5.91 Å². The molecule has 3 aromatic rings. The van der Waals surface area contributed by atoms with E-state index >= 15 is 0 Å². The largest absolute Gasteiger partial charge is 0.459 e. The number of halogens is 1. The molecule has 8 heteroatoms. The number of thiazole rings is 1. The first-order valence-electron chi connectivity index (χ1n) is 8.86. The van der Waals surface area contributed by atoms with E-state index in [1.54, 1.807) is 0 Å². The van der Waals surface area contributed by atoms with E-state index in [4.69, 9.17) is 4.74 Å². The summed E-state index contributed by atoms with van der Waals surface area (Å²) in [5, 5.41) is 5.39. The van der Waals surface area contributed by atoms with Gasteiger partial charge in [-0.1, -0.05) is 46.3 Å². The Hall–Kier alpha value is -2.16. The van der Waals surface area contributed by atoms with E-state index in [1.807, 2.05) is 60.0 Å². The molecule has 150 valence electrons. The molecule has 0 spiro atoms. The monoisotopic (exact) mass is 490 g/mol. The molecule has 0 fully saturated rings. The summed E-state index contributed by atoms with van der Waals surface area (Å²) in [6.45, 7) is 0.605. The van der Waals surface area contributed by atoms with Crippen LogP contribution in [0, 0.1) is 0 Å². The summed E-state index contributed by atoms with van der Waals surface area (Å²) in [4.78, 5) is 29.4. The average Bonchev–Trinajstić information content (AvgIpc) is 3.18. The van der Waals surface area contributed by atoms with Gasteiger partial charge in [0.05, 0.1) is 17.9 Å². The summed E-state index contributed by atoms with van der Waals surface area (Å²) in [5.41, 5.74) is 1.71. The van der Waals surface area contributed by atoms with Gasteiger partial charge in [0.25, 0.3) is 0 Å². The highest BCUT2D eigenvalue weighted by atomic mass is 79.9. The van der Waals surface area contributed by atoms with Crippen LogP contribution < -0.4 is 5.32 Å². The highest BCUT2D eigenvalue weighted by molar-refractivity contribution is 9.10. The molecule has 0 aliphatic heterocycles. The van der Waals surface area contributed by atoms with Crippen molar-refractivity contribution in [2.24, 2.45) is 0 Å². The Morgan fingerprint density at radius 3 is 2.62 bits per heavy atom. The van der Waals surface area contributed by atoms with Crippen molar-refractivity contribution >= 4 is 50.9 Å². The first kappa shape index (κ1) is 21.5. The molecule has 0 atom stereocenters. The van der Waals surface area contributed by atoms with Crippen LogP contribution in [0.15, 0.2) is 69.3 Å². The van der Waals surface area contributed by atoms with E-state index in [0.29, 0.717) is 17.2 Å². The lowest BCUT2D eigenvalue weighted by Gasteiger charge is -2.04. The van der Waals surface area contributed by atoms with E-state index in [9.17, 15) is 9.59 Å². The van der Waals surface area contributed by atoms with Gasteiger partial charge < -0.3 is 10.1 Å². The Bertz CT molecular complexity index is 946. The second kappa shape index (κ2) is 11.1. The van der Waals surface area contributed by atoms with Crippen molar-refractivity contribution in [3.8, 4) is 0 Å². The minimum atomic E-state index is -0.298. The molecule has 5 nitrogen and oxygen atoms in total. The fraction of sp³-hybridized carbons (Fsp3) is 0.190. The van der Waals surface area contributed by atoms with E-state index in [1.165, 1.54) is 23.1 Å². The number of hydrogen-bond donors (Lipinski definition) is 1. The second-order valence-electron chi connectivity index (χ2n) is 6.07. The third-order valence-electron chi connectivity index (χ3n) is 3.79. The Balaban J connectivity index is 1.37. The number of rotatable bonds is 9. The Labute approximate surface area is 186 Å². The first-order valence-corrected chi connectivity index (χ1v) is 11.5. The molecule has 0 saturated heterocycles. The minimum absolute atomic E-state index is 0.0855. The van der Waals surface area contributed by atoms with Crippen LogP contribution in [-0.4, -0.2) is 22.6 Å². The van der Waals surface area contributed by atoms with Crippen LogP contribution in [0.3, 0.4) is 0 Å². The van der Waals surface area contributed by atoms with Crippen molar-refractivity contribution in [3.05, 3.63) is 80.7 Å². The molecule has 0 unspecified atom stereocenters. The second-order valence-corrected chi connectivity index (χ2v) is 8.98. The van der Waals surface area contributed by atoms with Crippen LogP contribution in [-0.2, 0) is 33.9 Å². The third kappa shape index (κ3) is 7.64. The number of hydrogen-bond acceptors (Lipinski definition) is 6. The Morgan fingerprint density at radius 1 is 1.10 bits per heavy atom. The van der Waals surface area contributed by atoms with Gasteiger partial charge in [-0.25, -0.2) is 4.98 Å². The zero-order valence-electron chi connectivity index (χ0n) is 15.5. The maximum absolute atomic E-state index is 12.1. The van der Waals surface area contributed by atoms with Crippen molar-refractivity contribution in [1.82, 2.24) is 10.3 Å². The van der Waals surface area contributed by atoms with Crippen molar-refractivity contribution in [1.29, 1.82) is 0 Å². The first-order chi connectivity index (χ1) is 14.1. The third-order valence-corrected chi connectivity index (χ3v) is 6.21. The molecule has 2 aromatic carbocycles. The predicted molar refractivity (Wildman–Crippen MR) is 119 cm³/mol. The van der Waals surface area contributed by atoms with Gasteiger partial charge in [-0.05, 0) is 29.8 Å². The molecule has 0 saturated carbocycles. The lowest BCUT2D eigenvalue weighted by molar-refractivity contribution is -0.141. The van der Waals surface area contributed by atoms with Crippen LogP contribution in [0.1, 0.15) is 16.3 Å². The molecule has 0 bridgehead atoms. The molecule has 29 heavy (non-hydrogen) atoms. The molecule has 1 heterocycles. The Morgan fingerprint density at radius 2 is 1.86 bits per heavy atom. The van der Waals surface area contributed by atoms with Crippen molar-refractivity contribution in [2.45, 2.75) is 24.5 Å². The summed E-state index contributed by atoms with van der Waals surface area (Å²) in [6.07, 6.45) is 0.213. The van der Waals surface area contributed by atoms with Crippen molar-refractivity contribution < 1.29 is 14.3 Å². The van der Waals surface area contributed by atoms with Crippen LogP contribution >= 0.6 is 39.0 Å². The molecule has 1 N–H and O–H groups in total. The summed E-state index contributed by atoms with van der Waals surface area (Å²) < 4.78 is 6.27. The number of nitrogens with one attached hydrogen (secondary N) is 1. The highest BCUT2D eigenvalue weighted by Gasteiger charge is 2.10. The number of carbonyl (C=O) groups is 2. The maximum atomic E-state index is 12.1. The number of aromatic nitrogens is 1. The number of benzene rings is 2. The van der Waals surface area contributed by atoms with Gasteiger partial charge in [0.1, 0.15) is 11.6 Å². The lowest BCUT2D eigenvalue weighted by atomic mass is 10.2. The van der Waals surface area contributed by atoms with Gasteiger partial charge in [-0.3, -0.25) is 9.59 Å². The number of thioether (sulfide) groups is 1. The summed E-state index contributed by atoms with van der Waals surface area (Å²) in [6, 6.07) is 17.5. The average molecular weight is 491 g/mol. The molecular formula is C21H19BrN2O3S2. The van der Waals surface area contributed by atoms with Gasteiger partial charge in [-0.2, -0.15) is 0 Å². The standard InChI is InChI=1S/C21H19BrN2O3S2/c22-16-6-8-18(9-7-16)28-14-21(26)27-12-17-13-29-20(24-17)10-19(25)23-11-15-4-2-1-3-5-15/h1-9,13H,10-12,14H2,(H,23,25). The number of carbonyl (C=O) groups excluding carboxylic acids is 2. The molecule has 0 aliphatic rings. The summed E-state index contributed by atoms with van der Waals surface area (Å²) in [5.74, 6) is -0.147. The van der Waals surface area contributed by atoms with E-state index in [2.05, 4.69) is 26.2 Å². The van der Waals surface area contributed by atoms with Crippen LogP contribution in [0.25, 0.3) is 0 Å². The minimum Gasteiger partial charge on any atom is -0.459 e. The van der Waals surface area contributed by atoms with Gasteiger partial charge >= 0.3 is 5.97 Å². The highest BCUT2D eigenvalue weighted by Crippen LogP contribution is 2.21. The SMILES string of the molecule is O=C(Cc1nc(COC(=O)CSc2ccc(Br)cc2)cs1)NCc1ccccc1.